The van der Waals surface area contributed by atoms with Gasteiger partial charge in [0.1, 0.15) is 11.1 Å². The molecule has 0 radical (unpaired) electrons. The fourth-order valence-electron chi connectivity index (χ4n) is 1.10. The molecule has 0 fully saturated rings. The largest absolute Gasteiger partial charge is 0.480 e. The van der Waals surface area contributed by atoms with Gasteiger partial charge in [-0.25, -0.2) is 4.98 Å². The van der Waals surface area contributed by atoms with E-state index in [9.17, 15) is 4.79 Å². The second-order valence-electron chi connectivity index (χ2n) is 3.05. The quantitative estimate of drug-likeness (QED) is 0.787. The van der Waals surface area contributed by atoms with Crippen LogP contribution in [0.15, 0.2) is 27.8 Å². The molecule has 0 aliphatic carbocycles. The summed E-state index contributed by atoms with van der Waals surface area (Å²) in [6.45, 7) is 2.53. The number of halogens is 1. The van der Waals surface area contributed by atoms with Gasteiger partial charge in [0.25, 0.3) is 0 Å². The Bertz CT molecular complexity index is 362. The smallest absolute Gasteiger partial charge is 0.321 e. The molecule has 0 aliphatic heterocycles. The lowest BCUT2D eigenvalue weighted by molar-refractivity contribution is -0.138. The molecule has 1 atom stereocenters. The van der Waals surface area contributed by atoms with Crippen LogP contribution >= 0.6 is 27.7 Å². The van der Waals surface area contributed by atoms with Crippen LogP contribution in [0.4, 0.5) is 0 Å². The number of carboxylic acids is 1. The minimum Gasteiger partial charge on any atom is -0.480 e. The Morgan fingerprint density at radius 2 is 2.50 bits per heavy atom. The van der Waals surface area contributed by atoms with Crippen molar-refractivity contribution in [1.82, 2.24) is 10.3 Å². The molecule has 1 aromatic rings. The summed E-state index contributed by atoms with van der Waals surface area (Å²) in [5.41, 5.74) is 0. The molecule has 0 bridgehead atoms. The molecule has 1 rings (SSSR count). The van der Waals surface area contributed by atoms with Gasteiger partial charge in [-0.1, -0.05) is 6.92 Å². The predicted octanol–water partition coefficient (Wildman–Crippen LogP) is 2.00. The van der Waals surface area contributed by atoms with Crippen LogP contribution in [0.25, 0.3) is 0 Å². The highest BCUT2D eigenvalue weighted by molar-refractivity contribution is 9.10. The number of hydrogen-bond acceptors (Lipinski definition) is 4. The van der Waals surface area contributed by atoms with Gasteiger partial charge >= 0.3 is 5.97 Å². The third-order valence-electron chi connectivity index (χ3n) is 1.86. The number of aromatic nitrogens is 1. The van der Waals surface area contributed by atoms with Crippen LogP contribution in [-0.4, -0.2) is 34.4 Å². The third-order valence-corrected chi connectivity index (χ3v) is 3.86. The summed E-state index contributed by atoms with van der Waals surface area (Å²) >= 11 is 4.79. The zero-order valence-electron chi connectivity index (χ0n) is 8.81. The number of nitrogens with one attached hydrogen (secondary N) is 1. The van der Waals surface area contributed by atoms with Crippen LogP contribution in [0, 0.1) is 0 Å². The highest BCUT2D eigenvalue weighted by Gasteiger charge is 2.16. The minimum absolute atomic E-state index is 0.457. The van der Waals surface area contributed by atoms with Gasteiger partial charge in [0, 0.05) is 16.4 Å². The molecule has 0 amide bonds. The molecule has 6 heteroatoms. The molecule has 0 aliphatic rings. The number of carboxylic acid groups (broad SMARTS) is 1. The minimum atomic E-state index is -0.832. The normalized spacial score (nSPS) is 12.4. The second kappa shape index (κ2) is 6.88. The topological polar surface area (TPSA) is 62.2 Å². The molecule has 1 unspecified atom stereocenters. The zero-order chi connectivity index (χ0) is 12.0. The van der Waals surface area contributed by atoms with E-state index >= 15 is 0 Å². The molecule has 0 saturated carbocycles. The summed E-state index contributed by atoms with van der Waals surface area (Å²) < 4.78 is 0.889. The van der Waals surface area contributed by atoms with E-state index in [1.807, 2.05) is 19.1 Å². The summed E-state index contributed by atoms with van der Waals surface area (Å²) in [7, 11) is 0. The van der Waals surface area contributed by atoms with E-state index in [0.29, 0.717) is 12.3 Å². The molecule has 1 aromatic heterocycles. The summed E-state index contributed by atoms with van der Waals surface area (Å²) in [5, 5.41) is 12.7. The van der Waals surface area contributed by atoms with Gasteiger partial charge in [-0.05, 0) is 34.6 Å². The molecule has 2 N–H and O–H groups in total. The number of carbonyl (C=O) groups is 1. The van der Waals surface area contributed by atoms with Crippen LogP contribution in [0.1, 0.15) is 6.92 Å². The van der Waals surface area contributed by atoms with Crippen molar-refractivity contribution in [2.75, 3.05) is 12.3 Å². The summed E-state index contributed by atoms with van der Waals surface area (Å²) in [4.78, 5) is 15.1. The van der Waals surface area contributed by atoms with Gasteiger partial charge in [0.05, 0.1) is 0 Å². The first kappa shape index (κ1) is 13.5. The van der Waals surface area contributed by atoms with Crippen LogP contribution in [0.5, 0.6) is 0 Å². The Balaban J connectivity index is 2.55. The fourth-order valence-corrected chi connectivity index (χ4v) is 2.63. The first-order valence-electron chi connectivity index (χ1n) is 4.84. The van der Waals surface area contributed by atoms with E-state index in [4.69, 9.17) is 5.11 Å². The average molecular weight is 305 g/mol. The number of rotatable bonds is 6. The van der Waals surface area contributed by atoms with Crippen molar-refractivity contribution in [3.63, 3.8) is 0 Å². The Labute approximate surface area is 107 Å². The number of nitrogens with zero attached hydrogens (tertiary/aromatic N) is 1. The van der Waals surface area contributed by atoms with E-state index in [0.717, 1.165) is 9.50 Å². The molecule has 88 valence electrons. The fraction of sp³-hybridized carbons (Fsp3) is 0.400. The van der Waals surface area contributed by atoms with E-state index in [1.54, 1.807) is 6.20 Å². The van der Waals surface area contributed by atoms with E-state index in [1.165, 1.54) is 11.8 Å². The number of aliphatic carboxylic acids is 1. The molecule has 16 heavy (non-hydrogen) atoms. The number of pyridine rings is 1. The number of thioether (sulfide) groups is 1. The molecule has 0 aromatic carbocycles. The maximum absolute atomic E-state index is 10.9. The summed E-state index contributed by atoms with van der Waals surface area (Å²) in [6.07, 6.45) is 1.69. The Hall–Kier alpha value is -0.590. The lowest BCUT2D eigenvalue weighted by Gasteiger charge is -2.12. The van der Waals surface area contributed by atoms with Crippen LogP contribution in [0.3, 0.4) is 0 Å². The molecular formula is C10H13BrN2O2S. The Morgan fingerprint density at radius 1 is 1.75 bits per heavy atom. The maximum atomic E-state index is 10.9. The van der Waals surface area contributed by atoms with Crippen molar-refractivity contribution in [2.24, 2.45) is 0 Å². The number of likely N-dealkylation sites (N-methyl/N-ethyl adjacent to an activating group) is 1. The van der Waals surface area contributed by atoms with Gasteiger partial charge in [-0.15, -0.1) is 11.8 Å². The van der Waals surface area contributed by atoms with Crippen molar-refractivity contribution in [1.29, 1.82) is 0 Å². The standard InChI is InChI=1S/C10H13BrN2O2S/c1-2-12-8(10(14)15)6-16-9-7(11)4-3-5-13-9/h3-5,8,12H,2,6H2,1H3,(H,14,15). The molecule has 0 spiro atoms. The highest BCUT2D eigenvalue weighted by Crippen LogP contribution is 2.24. The van der Waals surface area contributed by atoms with Crippen molar-refractivity contribution in [2.45, 2.75) is 18.0 Å². The van der Waals surface area contributed by atoms with Gasteiger partial charge in [0.15, 0.2) is 0 Å². The van der Waals surface area contributed by atoms with Crippen molar-refractivity contribution >= 4 is 33.7 Å². The van der Waals surface area contributed by atoms with Gasteiger partial charge in [0.2, 0.25) is 0 Å². The third kappa shape index (κ3) is 4.11. The highest BCUT2D eigenvalue weighted by atomic mass is 79.9. The molecule has 1 heterocycles. The summed E-state index contributed by atoms with van der Waals surface area (Å²) in [5.74, 6) is -0.375. The van der Waals surface area contributed by atoms with Crippen LogP contribution in [-0.2, 0) is 4.79 Å². The van der Waals surface area contributed by atoms with E-state index in [-0.39, 0.29) is 0 Å². The first-order valence-corrected chi connectivity index (χ1v) is 6.62. The first-order chi connectivity index (χ1) is 7.65. The predicted molar refractivity (Wildman–Crippen MR) is 67.8 cm³/mol. The SMILES string of the molecule is CCNC(CSc1ncccc1Br)C(=O)O. The molecular weight excluding hydrogens is 292 g/mol. The van der Waals surface area contributed by atoms with Crippen LogP contribution in [0.2, 0.25) is 0 Å². The van der Waals surface area contributed by atoms with Gasteiger partial charge < -0.3 is 10.4 Å². The monoisotopic (exact) mass is 304 g/mol. The average Bonchev–Trinajstić information content (AvgIpc) is 2.26. The molecule has 0 saturated heterocycles. The Morgan fingerprint density at radius 3 is 3.06 bits per heavy atom. The van der Waals surface area contributed by atoms with Gasteiger partial charge in [-0.2, -0.15) is 0 Å². The van der Waals surface area contributed by atoms with Crippen molar-refractivity contribution in [3.8, 4) is 0 Å². The molecule has 4 nitrogen and oxygen atoms in total. The zero-order valence-corrected chi connectivity index (χ0v) is 11.2. The van der Waals surface area contributed by atoms with E-state index in [2.05, 4.69) is 26.2 Å². The lowest BCUT2D eigenvalue weighted by atomic mass is 10.3. The second-order valence-corrected chi connectivity index (χ2v) is 4.91. The van der Waals surface area contributed by atoms with Gasteiger partial charge in [-0.3, -0.25) is 4.79 Å². The van der Waals surface area contributed by atoms with Crippen LogP contribution < -0.4 is 5.32 Å². The van der Waals surface area contributed by atoms with Crippen molar-refractivity contribution < 1.29 is 9.90 Å². The summed E-state index contributed by atoms with van der Waals surface area (Å²) in [6, 6.07) is 3.18. The number of hydrogen-bond donors (Lipinski definition) is 2. The van der Waals surface area contributed by atoms with Crippen molar-refractivity contribution in [3.05, 3.63) is 22.8 Å². The maximum Gasteiger partial charge on any atom is 0.321 e. The van der Waals surface area contributed by atoms with E-state index < -0.39 is 12.0 Å². The Kier molecular flexibility index (Phi) is 5.79. The lowest BCUT2D eigenvalue weighted by Crippen LogP contribution is -2.38.